The third kappa shape index (κ3) is 1.29. The van der Waals surface area contributed by atoms with E-state index in [0.29, 0.717) is 0 Å². The summed E-state index contributed by atoms with van der Waals surface area (Å²) in [4.78, 5) is 0. The predicted octanol–water partition coefficient (Wildman–Crippen LogP) is 3.68. The SMILES string of the molecule is CCCn1c2c(c3cc(F)ccc31)CCC2. The van der Waals surface area contributed by atoms with Gasteiger partial charge < -0.3 is 4.57 Å². The highest BCUT2D eigenvalue weighted by atomic mass is 19.1. The van der Waals surface area contributed by atoms with Gasteiger partial charge in [0.1, 0.15) is 5.82 Å². The molecule has 1 aliphatic rings. The lowest BCUT2D eigenvalue weighted by Gasteiger charge is -2.07. The normalized spacial score (nSPS) is 14.6. The molecular formula is C14H16FN. The summed E-state index contributed by atoms with van der Waals surface area (Å²) >= 11 is 0. The average Bonchev–Trinajstić information content (AvgIpc) is 2.82. The maximum absolute atomic E-state index is 13.3. The van der Waals surface area contributed by atoms with E-state index in [4.69, 9.17) is 0 Å². The molecule has 0 aliphatic heterocycles. The third-order valence-corrected chi connectivity index (χ3v) is 3.54. The number of nitrogens with zero attached hydrogens (tertiary/aromatic N) is 1. The van der Waals surface area contributed by atoms with E-state index in [1.54, 1.807) is 12.1 Å². The Labute approximate surface area is 94.9 Å². The van der Waals surface area contributed by atoms with E-state index in [1.165, 1.54) is 23.2 Å². The number of benzene rings is 1. The van der Waals surface area contributed by atoms with Gasteiger partial charge in [-0.05, 0) is 49.4 Å². The molecule has 0 saturated carbocycles. The van der Waals surface area contributed by atoms with Crippen molar-refractivity contribution in [3.05, 3.63) is 35.3 Å². The first-order valence-corrected chi connectivity index (χ1v) is 6.10. The maximum Gasteiger partial charge on any atom is 0.123 e. The van der Waals surface area contributed by atoms with Gasteiger partial charge in [0.15, 0.2) is 0 Å². The number of rotatable bonds is 2. The Morgan fingerprint density at radius 1 is 1.31 bits per heavy atom. The summed E-state index contributed by atoms with van der Waals surface area (Å²) in [6, 6.07) is 5.20. The molecule has 0 fully saturated rings. The first kappa shape index (κ1) is 9.88. The zero-order valence-corrected chi connectivity index (χ0v) is 9.59. The van der Waals surface area contributed by atoms with Crippen molar-refractivity contribution in [2.45, 2.75) is 39.2 Å². The molecule has 1 aliphatic carbocycles. The Hall–Kier alpha value is -1.31. The molecular weight excluding hydrogens is 201 g/mol. The zero-order chi connectivity index (χ0) is 11.1. The van der Waals surface area contributed by atoms with Crippen LogP contribution in [0.1, 0.15) is 31.0 Å². The number of aromatic nitrogens is 1. The number of fused-ring (bicyclic) bond motifs is 3. The summed E-state index contributed by atoms with van der Waals surface area (Å²) in [7, 11) is 0. The fourth-order valence-corrected chi connectivity index (χ4v) is 2.93. The topological polar surface area (TPSA) is 4.93 Å². The number of halogens is 1. The van der Waals surface area contributed by atoms with Crippen molar-refractivity contribution in [1.82, 2.24) is 4.57 Å². The second-order valence-electron chi connectivity index (χ2n) is 4.59. The second kappa shape index (κ2) is 3.62. The molecule has 0 radical (unpaired) electrons. The number of aryl methyl sites for hydroxylation is 2. The zero-order valence-electron chi connectivity index (χ0n) is 9.59. The predicted molar refractivity (Wildman–Crippen MR) is 64.2 cm³/mol. The Bertz CT molecular complexity index is 539. The van der Waals surface area contributed by atoms with Crippen molar-refractivity contribution in [3.63, 3.8) is 0 Å². The minimum absolute atomic E-state index is 0.115. The quantitative estimate of drug-likeness (QED) is 0.723. The fourth-order valence-electron chi connectivity index (χ4n) is 2.93. The van der Waals surface area contributed by atoms with E-state index in [1.807, 2.05) is 6.07 Å². The van der Waals surface area contributed by atoms with E-state index in [-0.39, 0.29) is 5.82 Å². The lowest BCUT2D eigenvalue weighted by Crippen LogP contribution is -2.00. The summed E-state index contributed by atoms with van der Waals surface area (Å²) in [5, 5.41) is 1.14. The molecule has 0 unspecified atom stereocenters. The minimum Gasteiger partial charge on any atom is -0.344 e. The van der Waals surface area contributed by atoms with Gasteiger partial charge in [-0.2, -0.15) is 0 Å². The van der Waals surface area contributed by atoms with Crippen molar-refractivity contribution in [1.29, 1.82) is 0 Å². The van der Waals surface area contributed by atoms with Crippen LogP contribution in [0.4, 0.5) is 4.39 Å². The van der Waals surface area contributed by atoms with Gasteiger partial charge in [0.05, 0.1) is 0 Å². The van der Waals surface area contributed by atoms with E-state index < -0.39 is 0 Å². The van der Waals surface area contributed by atoms with Crippen LogP contribution < -0.4 is 0 Å². The molecule has 0 atom stereocenters. The van der Waals surface area contributed by atoms with Crippen molar-refractivity contribution in [2.24, 2.45) is 0 Å². The average molecular weight is 217 g/mol. The first-order chi connectivity index (χ1) is 7.81. The van der Waals surface area contributed by atoms with E-state index in [2.05, 4.69) is 11.5 Å². The van der Waals surface area contributed by atoms with Gasteiger partial charge >= 0.3 is 0 Å². The van der Waals surface area contributed by atoms with E-state index in [0.717, 1.165) is 31.2 Å². The van der Waals surface area contributed by atoms with Gasteiger partial charge in [-0.1, -0.05) is 6.92 Å². The highest BCUT2D eigenvalue weighted by Crippen LogP contribution is 2.33. The van der Waals surface area contributed by atoms with Crippen LogP contribution >= 0.6 is 0 Å². The van der Waals surface area contributed by atoms with Gasteiger partial charge in [-0.3, -0.25) is 0 Å². The summed E-state index contributed by atoms with van der Waals surface area (Å²) in [6.45, 7) is 3.24. The fraction of sp³-hybridized carbons (Fsp3) is 0.429. The highest BCUT2D eigenvalue weighted by molar-refractivity contribution is 5.86. The minimum atomic E-state index is -0.115. The summed E-state index contributed by atoms with van der Waals surface area (Å²) < 4.78 is 15.7. The van der Waals surface area contributed by atoms with Crippen LogP contribution in [-0.2, 0) is 19.4 Å². The van der Waals surface area contributed by atoms with Crippen LogP contribution in [0.3, 0.4) is 0 Å². The molecule has 0 saturated heterocycles. The molecule has 1 aromatic heterocycles. The summed E-state index contributed by atoms with van der Waals surface area (Å²) in [5.74, 6) is -0.115. The number of hydrogen-bond acceptors (Lipinski definition) is 0. The molecule has 16 heavy (non-hydrogen) atoms. The molecule has 1 aromatic carbocycles. The molecule has 1 heterocycles. The highest BCUT2D eigenvalue weighted by Gasteiger charge is 2.20. The number of hydrogen-bond donors (Lipinski definition) is 0. The Morgan fingerprint density at radius 3 is 3.00 bits per heavy atom. The Kier molecular flexibility index (Phi) is 2.23. The van der Waals surface area contributed by atoms with Crippen LogP contribution in [-0.4, -0.2) is 4.57 Å². The second-order valence-corrected chi connectivity index (χ2v) is 4.59. The molecule has 0 spiro atoms. The van der Waals surface area contributed by atoms with Gasteiger partial charge in [0, 0.05) is 23.1 Å². The van der Waals surface area contributed by atoms with Gasteiger partial charge in [0.2, 0.25) is 0 Å². The molecule has 2 aromatic rings. The maximum atomic E-state index is 13.3. The molecule has 1 nitrogen and oxygen atoms in total. The largest absolute Gasteiger partial charge is 0.344 e. The summed E-state index contributed by atoms with van der Waals surface area (Å²) in [6.07, 6.45) is 4.63. The van der Waals surface area contributed by atoms with Crippen molar-refractivity contribution in [3.8, 4) is 0 Å². The monoisotopic (exact) mass is 217 g/mol. The molecule has 3 rings (SSSR count). The third-order valence-electron chi connectivity index (χ3n) is 3.54. The van der Waals surface area contributed by atoms with E-state index >= 15 is 0 Å². The van der Waals surface area contributed by atoms with E-state index in [9.17, 15) is 4.39 Å². The lowest BCUT2D eigenvalue weighted by atomic mass is 10.1. The molecule has 0 N–H and O–H groups in total. The molecule has 84 valence electrons. The van der Waals surface area contributed by atoms with Crippen LogP contribution in [0.15, 0.2) is 18.2 Å². The summed E-state index contributed by atoms with van der Waals surface area (Å²) in [5.41, 5.74) is 4.05. The van der Waals surface area contributed by atoms with Gasteiger partial charge in [-0.15, -0.1) is 0 Å². The van der Waals surface area contributed by atoms with Crippen LogP contribution in [0, 0.1) is 5.82 Å². The Balaban J connectivity index is 2.31. The molecule has 2 heteroatoms. The van der Waals surface area contributed by atoms with Crippen LogP contribution in [0.2, 0.25) is 0 Å². The van der Waals surface area contributed by atoms with Crippen LogP contribution in [0.25, 0.3) is 10.9 Å². The molecule has 0 bridgehead atoms. The van der Waals surface area contributed by atoms with Crippen molar-refractivity contribution in [2.75, 3.05) is 0 Å². The van der Waals surface area contributed by atoms with Crippen molar-refractivity contribution < 1.29 is 4.39 Å². The van der Waals surface area contributed by atoms with Crippen molar-refractivity contribution >= 4 is 10.9 Å². The van der Waals surface area contributed by atoms with Gasteiger partial charge in [-0.25, -0.2) is 4.39 Å². The molecule has 0 amide bonds. The smallest absolute Gasteiger partial charge is 0.123 e. The standard InChI is InChI=1S/C14H16FN/c1-2-8-16-13-5-3-4-11(13)12-9-10(15)6-7-14(12)16/h6-7,9H,2-5,8H2,1H3. The van der Waals surface area contributed by atoms with Gasteiger partial charge in [0.25, 0.3) is 0 Å². The first-order valence-electron chi connectivity index (χ1n) is 6.10. The lowest BCUT2D eigenvalue weighted by molar-refractivity contribution is 0.628. The van der Waals surface area contributed by atoms with Crippen LogP contribution in [0.5, 0.6) is 0 Å². The Morgan fingerprint density at radius 2 is 2.19 bits per heavy atom.